The van der Waals surface area contributed by atoms with Gasteiger partial charge in [-0.1, -0.05) is 23.6 Å². The van der Waals surface area contributed by atoms with Crippen molar-refractivity contribution in [1.29, 1.82) is 0 Å². The molecule has 1 aliphatic carbocycles. The van der Waals surface area contributed by atoms with Crippen LogP contribution in [0.3, 0.4) is 0 Å². The minimum absolute atomic E-state index is 0.725. The summed E-state index contributed by atoms with van der Waals surface area (Å²) in [6, 6.07) is 0. The molecule has 1 aliphatic rings. The molecule has 0 fully saturated rings. The number of hydrogen-bond acceptors (Lipinski definition) is 1. The molecule has 58 valence electrons. The Morgan fingerprint density at radius 1 is 1.73 bits per heavy atom. The summed E-state index contributed by atoms with van der Waals surface area (Å²) in [6.45, 7) is 0. The van der Waals surface area contributed by atoms with E-state index in [4.69, 9.17) is 11.5 Å². The fraction of sp³-hybridized carbons (Fsp3) is 0.400. The zero-order valence-electron chi connectivity index (χ0n) is 6.46. The lowest BCUT2D eigenvalue weighted by Gasteiger charge is -1.93. The van der Waals surface area contributed by atoms with Crippen molar-refractivity contribution in [1.82, 2.24) is 0 Å². The molecule has 0 aromatic rings. The predicted octanol–water partition coefficient (Wildman–Crippen LogP) is 1.65. The Labute approximate surface area is 67.4 Å². The molecule has 0 amide bonds. The predicted molar refractivity (Wildman–Crippen MR) is 45.9 cm³/mol. The summed E-state index contributed by atoms with van der Waals surface area (Å²) in [7, 11) is 0. The first-order valence-corrected chi connectivity index (χ1v) is 3.84. The van der Waals surface area contributed by atoms with Gasteiger partial charge in [-0.15, -0.1) is 6.42 Å². The number of hydrogen-bond donors (Lipinski definition) is 1. The minimum atomic E-state index is -0.725. The Morgan fingerprint density at radius 3 is 3.09 bits per heavy atom. The quantitative estimate of drug-likeness (QED) is 0.590. The second kappa shape index (κ2) is 4.00. The van der Waals surface area contributed by atoms with Crippen LogP contribution in [0.15, 0.2) is 23.8 Å². The van der Waals surface area contributed by atoms with Crippen molar-refractivity contribution >= 4 is 0 Å². The average molecular weight is 148 g/mol. The van der Waals surface area contributed by atoms with Crippen molar-refractivity contribution in [3.8, 4) is 12.3 Å². The van der Waals surface area contributed by atoms with Crippen LogP contribution >= 0.6 is 0 Å². The topological polar surface area (TPSA) is 20.2 Å². The van der Waals surface area contributed by atoms with E-state index in [2.05, 4.69) is 12.0 Å². The Morgan fingerprint density at radius 2 is 2.55 bits per heavy atom. The van der Waals surface area contributed by atoms with E-state index >= 15 is 0 Å². The Bertz CT molecular complexity index is 218. The lowest BCUT2D eigenvalue weighted by Crippen LogP contribution is -1.95. The van der Waals surface area contributed by atoms with Gasteiger partial charge in [-0.05, 0) is 25.3 Å². The van der Waals surface area contributed by atoms with E-state index in [1.54, 1.807) is 6.08 Å². The normalized spacial score (nSPS) is 19.8. The fourth-order valence-corrected chi connectivity index (χ4v) is 1.12. The summed E-state index contributed by atoms with van der Waals surface area (Å²) in [4.78, 5) is 0. The van der Waals surface area contributed by atoms with Gasteiger partial charge in [0, 0.05) is 0 Å². The maximum absolute atomic E-state index is 8.97. The molecule has 0 heterocycles. The molecule has 0 aliphatic heterocycles. The number of allylic oxidation sites excluding steroid dienone is 3. The molecule has 0 spiro atoms. The highest BCUT2D eigenvalue weighted by Crippen LogP contribution is 2.18. The van der Waals surface area contributed by atoms with E-state index in [1.807, 2.05) is 6.08 Å². The molecule has 1 atom stereocenters. The highest BCUT2D eigenvalue weighted by Gasteiger charge is 2.00. The highest BCUT2D eigenvalue weighted by atomic mass is 16.3. The van der Waals surface area contributed by atoms with Gasteiger partial charge in [-0.25, -0.2) is 0 Å². The lowest BCUT2D eigenvalue weighted by atomic mass is 10.2. The third kappa shape index (κ3) is 2.61. The Kier molecular flexibility index (Phi) is 2.95. The van der Waals surface area contributed by atoms with Gasteiger partial charge in [-0.2, -0.15) is 0 Å². The standard InChI is InChI=1S/C10H12O/c1-2-10(11)8-7-9-5-3-4-6-9/h1,5,7-8,10-11H,3-4,6H2. The van der Waals surface area contributed by atoms with Crippen LogP contribution < -0.4 is 0 Å². The van der Waals surface area contributed by atoms with Crippen LogP contribution in [-0.2, 0) is 0 Å². The minimum Gasteiger partial charge on any atom is -0.377 e. The molecule has 0 bridgehead atoms. The van der Waals surface area contributed by atoms with Gasteiger partial charge in [0.1, 0.15) is 6.10 Å². The molecular weight excluding hydrogens is 136 g/mol. The van der Waals surface area contributed by atoms with Gasteiger partial charge in [0.15, 0.2) is 0 Å². The maximum atomic E-state index is 8.97. The molecule has 0 radical (unpaired) electrons. The molecule has 11 heavy (non-hydrogen) atoms. The third-order valence-electron chi connectivity index (χ3n) is 1.74. The van der Waals surface area contributed by atoms with Crippen molar-refractivity contribution in [2.24, 2.45) is 0 Å². The van der Waals surface area contributed by atoms with Crippen LogP contribution in [0, 0.1) is 12.3 Å². The molecular formula is C10H12O. The summed E-state index contributed by atoms with van der Waals surface area (Å²) in [5.41, 5.74) is 1.29. The van der Waals surface area contributed by atoms with Crippen LogP contribution in [0.4, 0.5) is 0 Å². The van der Waals surface area contributed by atoms with Crippen LogP contribution in [0.5, 0.6) is 0 Å². The Hall–Kier alpha value is -1.00. The van der Waals surface area contributed by atoms with Crippen molar-refractivity contribution in [2.45, 2.75) is 25.4 Å². The molecule has 1 nitrogen and oxygen atoms in total. The zero-order chi connectivity index (χ0) is 8.10. The summed E-state index contributed by atoms with van der Waals surface area (Å²) in [5, 5.41) is 8.97. The molecule has 0 saturated carbocycles. The maximum Gasteiger partial charge on any atom is 0.133 e. The van der Waals surface area contributed by atoms with E-state index in [0.29, 0.717) is 0 Å². The smallest absolute Gasteiger partial charge is 0.133 e. The molecule has 1 rings (SSSR count). The number of rotatable bonds is 2. The fourth-order valence-electron chi connectivity index (χ4n) is 1.12. The third-order valence-corrected chi connectivity index (χ3v) is 1.74. The summed E-state index contributed by atoms with van der Waals surface area (Å²) in [5.74, 6) is 2.23. The molecule has 1 heteroatoms. The van der Waals surface area contributed by atoms with E-state index < -0.39 is 6.10 Å². The van der Waals surface area contributed by atoms with Crippen LogP contribution in [0.1, 0.15) is 19.3 Å². The van der Waals surface area contributed by atoms with Gasteiger partial charge in [0.05, 0.1) is 0 Å². The average Bonchev–Trinajstić information content (AvgIpc) is 2.52. The van der Waals surface area contributed by atoms with E-state index in [0.717, 1.165) is 12.8 Å². The first-order chi connectivity index (χ1) is 5.33. The molecule has 0 aromatic heterocycles. The van der Waals surface area contributed by atoms with Gasteiger partial charge in [0.25, 0.3) is 0 Å². The van der Waals surface area contributed by atoms with Crippen molar-refractivity contribution in [3.63, 3.8) is 0 Å². The monoisotopic (exact) mass is 148 g/mol. The SMILES string of the molecule is C#CC(O)C=CC1=CCCC1. The molecule has 1 unspecified atom stereocenters. The van der Waals surface area contributed by atoms with Gasteiger partial charge in [-0.3, -0.25) is 0 Å². The summed E-state index contributed by atoms with van der Waals surface area (Å²) >= 11 is 0. The summed E-state index contributed by atoms with van der Waals surface area (Å²) < 4.78 is 0. The second-order valence-corrected chi connectivity index (χ2v) is 2.64. The summed E-state index contributed by atoms with van der Waals surface area (Å²) in [6.07, 6.45) is 13.5. The second-order valence-electron chi connectivity index (χ2n) is 2.64. The van der Waals surface area contributed by atoms with Gasteiger partial charge < -0.3 is 5.11 Å². The van der Waals surface area contributed by atoms with Crippen molar-refractivity contribution < 1.29 is 5.11 Å². The van der Waals surface area contributed by atoms with Crippen LogP contribution in [0.25, 0.3) is 0 Å². The highest BCUT2D eigenvalue weighted by molar-refractivity contribution is 5.24. The molecule has 1 N–H and O–H groups in total. The number of terminal acetylenes is 1. The Balaban J connectivity index is 2.41. The van der Waals surface area contributed by atoms with E-state index in [-0.39, 0.29) is 0 Å². The van der Waals surface area contributed by atoms with Crippen LogP contribution in [-0.4, -0.2) is 11.2 Å². The van der Waals surface area contributed by atoms with Crippen molar-refractivity contribution in [3.05, 3.63) is 23.8 Å². The van der Waals surface area contributed by atoms with Crippen LogP contribution in [0.2, 0.25) is 0 Å². The molecule has 0 aromatic carbocycles. The van der Waals surface area contributed by atoms with E-state index in [9.17, 15) is 0 Å². The van der Waals surface area contributed by atoms with Gasteiger partial charge >= 0.3 is 0 Å². The lowest BCUT2D eigenvalue weighted by molar-refractivity contribution is 0.281. The van der Waals surface area contributed by atoms with Crippen molar-refractivity contribution in [2.75, 3.05) is 0 Å². The first-order valence-electron chi connectivity index (χ1n) is 3.84. The number of aliphatic hydroxyl groups is 1. The largest absolute Gasteiger partial charge is 0.377 e. The first kappa shape index (κ1) is 8.10. The zero-order valence-corrected chi connectivity index (χ0v) is 6.46. The van der Waals surface area contributed by atoms with Gasteiger partial charge in [0.2, 0.25) is 0 Å². The van der Waals surface area contributed by atoms with E-state index in [1.165, 1.54) is 12.0 Å². The number of aliphatic hydroxyl groups excluding tert-OH is 1. The molecule has 0 saturated heterocycles.